The van der Waals surface area contributed by atoms with Crippen molar-refractivity contribution in [2.45, 2.75) is 60.1 Å². The number of carbonyl (C=O) groups excluding carboxylic acids is 3. The summed E-state index contributed by atoms with van der Waals surface area (Å²) in [5.41, 5.74) is 2.26. The summed E-state index contributed by atoms with van der Waals surface area (Å²) in [5.74, 6) is -1.09. The van der Waals surface area contributed by atoms with Gasteiger partial charge in [-0.1, -0.05) is 24.1 Å². The summed E-state index contributed by atoms with van der Waals surface area (Å²) in [6.07, 6.45) is 2.02. The number of ether oxygens (including phenoxy) is 1. The summed E-state index contributed by atoms with van der Waals surface area (Å²) in [6, 6.07) is 0. The van der Waals surface area contributed by atoms with Crippen LogP contribution in [0.4, 0.5) is 0 Å². The molecule has 1 atom stereocenters. The number of β-lactam (4-membered cyclic amide) rings is 1. The van der Waals surface area contributed by atoms with Crippen LogP contribution in [0.1, 0.15) is 53.9 Å². The van der Waals surface area contributed by atoms with Crippen molar-refractivity contribution in [2.24, 2.45) is 0 Å². The molecule has 1 heterocycles. The van der Waals surface area contributed by atoms with Gasteiger partial charge < -0.3 is 4.74 Å². The van der Waals surface area contributed by atoms with E-state index in [1.54, 1.807) is 6.08 Å². The predicted molar refractivity (Wildman–Crippen MR) is 79.1 cm³/mol. The average molecular weight is 293 g/mol. The highest BCUT2D eigenvalue weighted by atomic mass is 16.6. The number of carbonyl (C=O) groups is 3. The Hall–Kier alpha value is -1.91. The molecular formula is C16H23NO4. The molecule has 0 bridgehead atoms. The molecule has 116 valence electrons. The second-order valence-corrected chi connectivity index (χ2v) is 5.60. The Morgan fingerprint density at radius 2 is 1.90 bits per heavy atom. The maximum absolute atomic E-state index is 12.5. The maximum atomic E-state index is 12.5. The van der Waals surface area contributed by atoms with Crippen LogP contribution in [0.2, 0.25) is 0 Å². The first kappa shape index (κ1) is 17.1. The van der Waals surface area contributed by atoms with E-state index in [0.29, 0.717) is 12.0 Å². The predicted octanol–water partition coefficient (Wildman–Crippen LogP) is 2.72. The number of allylic oxidation sites excluding steroid dienone is 2. The van der Waals surface area contributed by atoms with Crippen molar-refractivity contribution in [1.82, 2.24) is 4.90 Å². The smallest absolute Gasteiger partial charge is 0.307 e. The number of hydrogen-bond donors (Lipinski definition) is 0. The van der Waals surface area contributed by atoms with Gasteiger partial charge in [-0.05, 0) is 34.1 Å². The second kappa shape index (κ2) is 7.20. The molecule has 1 unspecified atom stereocenters. The van der Waals surface area contributed by atoms with Crippen LogP contribution in [0.3, 0.4) is 0 Å². The zero-order chi connectivity index (χ0) is 16.2. The molecule has 1 rings (SSSR count). The number of likely N-dealkylation sites (tertiary alicyclic amines) is 1. The Labute approximate surface area is 125 Å². The third-order valence-corrected chi connectivity index (χ3v) is 3.05. The number of amides is 2. The molecule has 0 aromatic heterocycles. The largest absolute Gasteiger partial charge is 0.440 e. The molecule has 0 saturated carbocycles. The van der Waals surface area contributed by atoms with Crippen LogP contribution in [-0.2, 0) is 19.1 Å². The lowest BCUT2D eigenvalue weighted by Crippen LogP contribution is -2.57. The minimum Gasteiger partial charge on any atom is -0.440 e. The van der Waals surface area contributed by atoms with Crippen LogP contribution < -0.4 is 0 Å². The van der Waals surface area contributed by atoms with Crippen molar-refractivity contribution < 1.29 is 19.1 Å². The Bertz CT molecular complexity index is 508. The van der Waals surface area contributed by atoms with Crippen molar-refractivity contribution in [3.05, 3.63) is 22.8 Å². The van der Waals surface area contributed by atoms with E-state index in [1.807, 2.05) is 34.6 Å². The van der Waals surface area contributed by atoms with E-state index in [4.69, 9.17) is 4.74 Å². The fourth-order valence-electron chi connectivity index (χ4n) is 1.98. The van der Waals surface area contributed by atoms with Crippen LogP contribution in [0.15, 0.2) is 22.8 Å². The molecule has 21 heavy (non-hydrogen) atoms. The Morgan fingerprint density at radius 1 is 1.29 bits per heavy atom. The van der Waals surface area contributed by atoms with E-state index in [2.05, 4.69) is 0 Å². The van der Waals surface area contributed by atoms with Gasteiger partial charge in [0.2, 0.25) is 5.91 Å². The van der Waals surface area contributed by atoms with Gasteiger partial charge in [0.05, 0.1) is 6.42 Å². The van der Waals surface area contributed by atoms with Crippen LogP contribution in [0, 0.1) is 0 Å². The third kappa shape index (κ3) is 4.28. The number of nitrogens with zero attached hydrogens (tertiary/aromatic N) is 1. The quantitative estimate of drug-likeness (QED) is 0.338. The van der Waals surface area contributed by atoms with Crippen LogP contribution >= 0.6 is 0 Å². The van der Waals surface area contributed by atoms with Gasteiger partial charge in [0.25, 0.3) is 5.91 Å². The molecule has 0 aliphatic carbocycles. The molecule has 0 aromatic carbocycles. The second-order valence-electron chi connectivity index (χ2n) is 5.60. The summed E-state index contributed by atoms with van der Waals surface area (Å²) < 4.78 is 5.17. The van der Waals surface area contributed by atoms with Crippen molar-refractivity contribution in [1.29, 1.82) is 0 Å². The molecule has 0 spiro atoms. The summed E-state index contributed by atoms with van der Waals surface area (Å²) in [7, 11) is 0. The van der Waals surface area contributed by atoms with Gasteiger partial charge in [-0.25, -0.2) is 4.90 Å². The summed E-state index contributed by atoms with van der Waals surface area (Å²) in [6.45, 7) is 9.26. The first-order valence-corrected chi connectivity index (χ1v) is 7.16. The SMILES string of the molecule is CCCC(=O)OC1CC(=O)N1C(=O)C(C=C(C)C)=C(C)C. The fourth-order valence-corrected chi connectivity index (χ4v) is 1.98. The molecule has 2 amide bonds. The van der Waals surface area contributed by atoms with Crippen molar-refractivity contribution in [3.63, 3.8) is 0 Å². The zero-order valence-electron chi connectivity index (χ0n) is 13.4. The van der Waals surface area contributed by atoms with Gasteiger partial charge in [-0.3, -0.25) is 14.4 Å². The molecule has 1 fully saturated rings. The minimum absolute atomic E-state index is 0.0755. The minimum atomic E-state index is -0.760. The first-order chi connectivity index (χ1) is 9.77. The van der Waals surface area contributed by atoms with Crippen LogP contribution in [0.5, 0.6) is 0 Å². The van der Waals surface area contributed by atoms with Gasteiger partial charge in [0.15, 0.2) is 6.23 Å². The van der Waals surface area contributed by atoms with Crippen molar-refractivity contribution in [3.8, 4) is 0 Å². The van der Waals surface area contributed by atoms with Gasteiger partial charge in [0.1, 0.15) is 0 Å². The summed E-state index contributed by atoms with van der Waals surface area (Å²) in [4.78, 5) is 36.7. The highest BCUT2D eigenvalue weighted by Crippen LogP contribution is 2.25. The first-order valence-electron chi connectivity index (χ1n) is 7.16. The van der Waals surface area contributed by atoms with E-state index in [0.717, 1.165) is 16.0 Å². The van der Waals surface area contributed by atoms with Gasteiger partial charge >= 0.3 is 5.97 Å². The van der Waals surface area contributed by atoms with Crippen molar-refractivity contribution in [2.75, 3.05) is 0 Å². The fraction of sp³-hybridized carbons (Fsp3) is 0.562. The van der Waals surface area contributed by atoms with Gasteiger partial charge in [-0.2, -0.15) is 0 Å². The number of hydrogen-bond acceptors (Lipinski definition) is 4. The highest BCUT2D eigenvalue weighted by Gasteiger charge is 2.44. The molecule has 1 aliphatic rings. The van der Waals surface area contributed by atoms with E-state index in [-0.39, 0.29) is 24.7 Å². The topological polar surface area (TPSA) is 63.7 Å². The van der Waals surface area contributed by atoms with Gasteiger partial charge in [-0.15, -0.1) is 0 Å². The lowest BCUT2D eigenvalue weighted by Gasteiger charge is -2.37. The van der Waals surface area contributed by atoms with Crippen LogP contribution in [0.25, 0.3) is 0 Å². The molecule has 0 radical (unpaired) electrons. The molecule has 0 N–H and O–H groups in total. The molecule has 1 saturated heterocycles. The van der Waals surface area contributed by atoms with E-state index >= 15 is 0 Å². The third-order valence-electron chi connectivity index (χ3n) is 3.05. The number of rotatable bonds is 5. The standard InChI is InChI=1S/C16H23NO4/c1-6-7-15(19)21-14-9-13(18)17(14)16(20)12(11(4)5)8-10(2)3/h8,14H,6-7,9H2,1-5H3. The molecular weight excluding hydrogens is 270 g/mol. The summed E-state index contributed by atoms with van der Waals surface area (Å²) in [5, 5.41) is 0. The van der Waals surface area contributed by atoms with Gasteiger partial charge in [0, 0.05) is 12.0 Å². The molecule has 1 aliphatic heterocycles. The summed E-state index contributed by atoms with van der Waals surface area (Å²) >= 11 is 0. The lowest BCUT2D eigenvalue weighted by molar-refractivity contribution is -0.186. The Morgan fingerprint density at radius 3 is 2.33 bits per heavy atom. The number of imide groups is 1. The molecule has 5 nitrogen and oxygen atoms in total. The van der Waals surface area contributed by atoms with E-state index in [9.17, 15) is 14.4 Å². The highest BCUT2D eigenvalue weighted by molar-refractivity contribution is 6.09. The Kier molecular flexibility index (Phi) is 5.88. The van der Waals surface area contributed by atoms with Crippen molar-refractivity contribution >= 4 is 17.8 Å². The molecule has 5 heteroatoms. The average Bonchev–Trinajstić information content (AvgIpc) is 2.34. The zero-order valence-corrected chi connectivity index (χ0v) is 13.4. The lowest BCUT2D eigenvalue weighted by atomic mass is 10.0. The monoisotopic (exact) mass is 293 g/mol. The van der Waals surface area contributed by atoms with E-state index in [1.165, 1.54) is 0 Å². The Balaban J connectivity index is 2.89. The number of esters is 1. The van der Waals surface area contributed by atoms with E-state index < -0.39 is 12.1 Å². The molecule has 0 aromatic rings. The van der Waals surface area contributed by atoms with Crippen LogP contribution in [-0.4, -0.2) is 28.9 Å². The maximum Gasteiger partial charge on any atom is 0.307 e. The normalized spacial score (nSPS) is 16.9.